The van der Waals surface area contributed by atoms with Crippen molar-refractivity contribution in [3.05, 3.63) is 66.7 Å². The summed E-state index contributed by atoms with van der Waals surface area (Å²) in [4.78, 5) is 13.4. The van der Waals surface area contributed by atoms with Gasteiger partial charge in [-0.1, -0.05) is 18.2 Å². The molecular weight excluding hydrogens is 343 g/mol. The number of pyridine rings is 1. The number of hydrogen-bond donors (Lipinski definition) is 1. The van der Waals surface area contributed by atoms with Gasteiger partial charge in [0.05, 0.1) is 7.11 Å². The number of hydrogen-bond acceptors (Lipinski definition) is 5. The Kier molecular flexibility index (Phi) is 4.38. The van der Waals surface area contributed by atoms with Crippen molar-refractivity contribution in [1.29, 1.82) is 0 Å². The summed E-state index contributed by atoms with van der Waals surface area (Å²) in [5.41, 5.74) is 2.65. The molecule has 4 rings (SSSR count). The third-order valence-corrected chi connectivity index (χ3v) is 4.33. The Morgan fingerprint density at radius 3 is 2.56 bits per heavy atom. The molecule has 0 bridgehead atoms. The summed E-state index contributed by atoms with van der Waals surface area (Å²) in [6.07, 6.45) is 3.41. The van der Waals surface area contributed by atoms with Crippen LogP contribution in [0.1, 0.15) is 0 Å². The highest BCUT2D eigenvalue weighted by Gasteiger charge is 2.16. The molecule has 5 nitrogen and oxygen atoms in total. The van der Waals surface area contributed by atoms with Gasteiger partial charge in [0.25, 0.3) is 0 Å². The van der Waals surface area contributed by atoms with Gasteiger partial charge in [0, 0.05) is 36.0 Å². The van der Waals surface area contributed by atoms with Crippen LogP contribution in [0, 0.1) is 5.82 Å². The molecule has 0 spiro atoms. The number of benzene rings is 2. The number of fused-ring (bicyclic) bond motifs is 1. The van der Waals surface area contributed by atoms with Gasteiger partial charge in [0.15, 0.2) is 5.82 Å². The molecule has 4 aromatic rings. The summed E-state index contributed by atoms with van der Waals surface area (Å²) in [6, 6.07) is 14.0. The molecule has 2 aromatic carbocycles. The van der Waals surface area contributed by atoms with Gasteiger partial charge in [-0.3, -0.25) is 4.98 Å². The Balaban J connectivity index is 1.99. The van der Waals surface area contributed by atoms with E-state index in [1.165, 1.54) is 6.07 Å². The van der Waals surface area contributed by atoms with Crippen LogP contribution >= 0.6 is 0 Å². The van der Waals surface area contributed by atoms with Gasteiger partial charge < -0.3 is 10.1 Å². The zero-order valence-corrected chi connectivity index (χ0v) is 14.9. The van der Waals surface area contributed by atoms with E-state index in [1.807, 2.05) is 18.2 Å². The number of ether oxygens (including phenoxy) is 1. The first-order valence-corrected chi connectivity index (χ1v) is 8.44. The molecule has 0 aliphatic carbocycles. The minimum absolute atomic E-state index is 0.294. The first kappa shape index (κ1) is 16.9. The molecule has 2 heterocycles. The Hall–Kier alpha value is -3.54. The maximum Gasteiger partial charge on any atom is 0.163 e. The number of methoxy groups -OCH3 is 1. The molecule has 0 saturated carbocycles. The smallest absolute Gasteiger partial charge is 0.163 e. The van der Waals surface area contributed by atoms with E-state index in [0.29, 0.717) is 34.0 Å². The Bertz CT molecular complexity index is 1120. The van der Waals surface area contributed by atoms with E-state index in [0.717, 1.165) is 10.9 Å². The van der Waals surface area contributed by atoms with Crippen molar-refractivity contribution in [2.24, 2.45) is 0 Å². The van der Waals surface area contributed by atoms with Crippen LogP contribution in [0.3, 0.4) is 0 Å². The summed E-state index contributed by atoms with van der Waals surface area (Å²) < 4.78 is 19.8. The molecule has 0 fully saturated rings. The highest BCUT2D eigenvalue weighted by Crippen LogP contribution is 2.36. The van der Waals surface area contributed by atoms with Crippen molar-refractivity contribution < 1.29 is 9.13 Å². The molecule has 0 saturated heterocycles. The van der Waals surface area contributed by atoms with Crippen molar-refractivity contribution in [2.75, 3.05) is 19.5 Å². The second kappa shape index (κ2) is 6.99. The van der Waals surface area contributed by atoms with Crippen molar-refractivity contribution in [2.45, 2.75) is 0 Å². The molecule has 2 aromatic heterocycles. The number of nitrogens with one attached hydrogen (secondary N) is 1. The van der Waals surface area contributed by atoms with E-state index in [2.05, 4.69) is 20.3 Å². The number of rotatable bonds is 4. The van der Waals surface area contributed by atoms with Gasteiger partial charge in [-0.05, 0) is 35.9 Å². The summed E-state index contributed by atoms with van der Waals surface area (Å²) in [6.45, 7) is 0. The van der Waals surface area contributed by atoms with Crippen LogP contribution in [0.15, 0.2) is 60.9 Å². The van der Waals surface area contributed by atoms with Crippen LogP contribution in [-0.4, -0.2) is 29.1 Å². The van der Waals surface area contributed by atoms with Crippen molar-refractivity contribution in [3.8, 4) is 28.3 Å². The monoisotopic (exact) mass is 360 g/mol. The highest BCUT2D eigenvalue weighted by atomic mass is 19.1. The SMILES string of the molecule is CNc1nc(-c2cccnc2)nc2c(OC)cc(-c3ccccc3F)cc12. The van der Waals surface area contributed by atoms with Crippen LogP contribution < -0.4 is 10.1 Å². The highest BCUT2D eigenvalue weighted by molar-refractivity contribution is 5.97. The largest absolute Gasteiger partial charge is 0.494 e. The quantitative estimate of drug-likeness (QED) is 0.579. The van der Waals surface area contributed by atoms with E-state index in [-0.39, 0.29) is 5.82 Å². The average Bonchev–Trinajstić information content (AvgIpc) is 2.73. The van der Waals surface area contributed by atoms with E-state index in [1.54, 1.807) is 50.8 Å². The minimum atomic E-state index is -0.294. The molecule has 134 valence electrons. The number of anilines is 1. The molecule has 1 N–H and O–H groups in total. The van der Waals surface area contributed by atoms with Gasteiger partial charge in [-0.15, -0.1) is 0 Å². The van der Waals surface area contributed by atoms with Crippen molar-refractivity contribution >= 4 is 16.7 Å². The third-order valence-electron chi connectivity index (χ3n) is 4.33. The molecule has 0 atom stereocenters. The Morgan fingerprint density at radius 2 is 1.85 bits per heavy atom. The summed E-state index contributed by atoms with van der Waals surface area (Å²) >= 11 is 0. The molecular formula is C21H17FN4O. The lowest BCUT2D eigenvalue weighted by Gasteiger charge is -2.13. The van der Waals surface area contributed by atoms with Crippen molar-refractivity contribution in [1.82, 2.24) is 15.0 Å². The second-order valence-electron chi connectivity index (χ2n) is 5.94. The lowest BCUT2D eigenvalue weighted by Crippen LogP contribution is -2.01. The van der Waals surface area contributed by atoms with Crippen LogP contribution in [0.2, 0.25) is 0 Å². The molecule has 27 heavy (non-hydrogen) atoms. The summed E-state index contributed by atoms with van der Waals surface area (Å²) in [5.74, 6) is 1.43. The van der Waals surface area contributed by atoms with Gasteiger partial charge in [0.2, 0.25) is 0 Å². The lowest BCUT2D eigenvalue weighted by molar-refractivity contribution is 0.419. The van der Waals surface area contributed by atoms with Crippen LogP contribution in [-0.2, 0) is 0 Å². The third kappa shape index (κ3) is 3.06. The van der Waals surface area contributed by atoms with E-state index in [4.69, 9.17) is 4.74 Å². The minimum Gasteiger partial charge on any atom is -0.494 e. The van der Waals surface area contributed by atoms with Gasteiger partial charge in [-0.2, -0.15) is 0 Å². The molecule has 0 aliphatic heterocycles. The Morgan fingerprint density at radius 1 is 1.00 bits per heavy atom. The van der Waals surface area contributed by atoms with E-state index in [9.17, 15) is 4.39 Å². The van der Waals surface area contributed by atoms with E-state index < -0.39 is 0 Å². The summed E-state index contributed by atoms with van der Waals surface area (Å²) in [5, 5.41) is 3.86. The zero-order chi connectivity index (χ0) is 18.8. The number of nitrogens with zero attached hydrogens (tertiary/aromatic N) is 3. The first-order valence-electron chi connectivity index (χ1n) is 8.44. The van der Waals surface area contributed by atoms with Gasteiger partial charge in [0.1, 0.15) is 22.9 Å². The average molecular weight is 360 g/mol. The fourth-order valence-corrected chi connectivity index (χ4v) is 3.02. The predicted molar refractivity (Wildman–Crippen MR) is 104 cm³/mol. The molecule has 0 unspecified atom stereocenters. The second-order valence-corrected chi connectivity index (χ2v) is 5.94. The lowest BCUT2D eigenvalue weighted by atomic mass is 10.0. The van der Waals surface area contributed by atoms with Crippen LogP contribution in [0.4, 0.5) is 10.2 Å². The fraction of sp³-hybridized carbons (Fsp3) is 0.0952. The maximum atomic E-state index is 14.3. The summed E-state index contributed by atoms with van der Waals surface area (Å²) in [7, 11) is 3.36. The van der Waals surface area contributed by atoms with Crippen LogP contribution in [0.25, 0.3) is 33.4 Å². The fourth-order valence-electron chi connectivity index (χ4n) is 3.02. The van der Waals surface area contributed by atoms with Crippen molar-refractivity contribution in [3.63, 3.8) is 0 Å². The topological polar surface area (TPSA) is 59.9 Å². The molecule has 0 amide bonds. The zero-order valence-electron chi connectivity index (χ0n) is 14.9. The van der Waals surface area contributed by atoms with Gasteiger partial charge in [-0.25, -0.2) is 14.4 Å². The Labute approximate surface area is 155 Å². The molecule has 0 aliphatic rings. The normalized spacial score (nSPS) is 10.8. The maximum absolute atomic E-state index is 14.3. The first-order chi connectivity index (χ1) is 13.2. The standard InChI is InChI=1S/C21H17FN4O/c1-23-21-16-10-14(15-7-3-4-8-17(15)22)11-18(27-2)19(16)25-20(26-21)13-6-5-9-24-12-13/h3-12H,1-2H3,(H,23,25,26). The predicted octanol–water partition coefficient (Wildman–Crippen LogP) is 4.55. The van der Waals surface area contributed by atoms with E-state index >= 15 is 0 Å². The molecule has 6 heteroatoms. The number of aromatic nitrogens is 3. The number of halogens is 1. The van der Waals surface area contributed by atoms with Gasteiger partial charge >= 0.3 is 0 Å². The molecule has 0 radical (unpaired) electrons. The van der Waals surface area contributed by atoms with Crippen LogP contribution in [0.5, 0.6) is 5.75 Å².